The first-order valence-electron chi connectivity index (χ1n) is 6.52. The normalized spacial score (nSPS) is 13.9. The number of fused-ring (bicyclic) bond motifs is 1. The van der Waals surface area contributed by atoms with E-state index in [1.807, 2.05) is 13.0 Å². The van der Waals surface area contributed by atoms with Gasteiger partial charge in [-0.2, -0.15) is 0 Å². The van der Waals surface area contributed by atoms with Crippen LogP contribution in [0.5, 0.6) is 0 Å². The first-order valence-corrected chi connectivity index (χ1v) is 6.90. The van der Waals surface area contributed by atoms with Crippen LogP contribution in [-0.4, -0.2) is 21.6 Å². The Morgan fingerprint density at radius 2 is 2.20 bits per heavy atom. The second kappa shape index (κ2) is 5.67. The van der Waals surface area contributed by atoms with E-state index in [-0.39, 0.29) is 0 Å². The number of carboxylic acid groups (broad SMARTS) is 1. The van der Waals surface area contributed by atoms with E-state index < -0.39 is 11.5 Å². The first kappa shape index (κ1) is 14.6. The van der Waals surface area contributed by atoms with Gasteiger partial charge in [-0.25, -0.2) is 4.79 Å². The molecule has 0 bridgehead atoms. The van der Waals surface area contributed by atoms with Crippen LogP contribution in [0.2, 0.25) is 5.02 Å². The van der Waals surface area contributed by atoms with E-state index >= 15 is 0 Å². The average Bonchev–Trinajstić information content (AvgIpc) is 2.38. The van der Waals surface area contributed by atoms with Gasteiger partial charge in [-0.3, -0.25) is 4.98 Å². The minimum atomic E-state index is -0.997. The zero-order chi connectivity index (χ0) is 14.8. The number of nitrogens with zero attached hydrogens (tertiary/aromatic N) is 1. The quantitative estimate of drug-likeness (QED) is 0.876. The summed E-state index contributed by atoms with van der Waals surface area (Å²) in [6.07, 6.45) is 2.97. The molecule has 106 valence electrons. The Morgan fingerprint density at radius 1 is 1.45 bits per heavy atom. The lowest BCUT2D eigenvalue weighted by Gasteiger charge is -2.27. The molecular weight excluding hydrogens is 276 g/mol. The molecule has 20 heavy (non-hydrogen) atoms. The molecule has 0 aliphatic rings. The van der Waals surface area contributed by atoms with E-state index in [0.29, 0.717) is 11.4 Å². The smallest absolute Gasteiger partial charge is 0.329 e. The van der Waals surface area contributed by atoms with Crippen molar-refractivity contribution in [2.24, 2.45) is 0 Å². The van der Waals surface area contributed by atoms with Crippen LogP contribution in [0, 0.1) is 0 Å². The van der Waals surface area contributed by atoms with Crippen LogP contribution < -0.4 is 5.32 Å². The van der Waals surface area contributed by atoms with Gasteiger partial charge in [-0.1, -0.05) is 24.9 Å². The molecule has 4 nitrogen and oxygen atoms in total. The maximum atomic E-state index is 11.5. The number of nitrogens with one attached hydrogen (secondary N) is 1. The lowest BCUT2D eigenvalue weighted by Crippen LogP contribution is -2.43. The fraction of sp³-hybridized carbons (Fsp3) is 0.333. The molecule has 0 aliphatic carbocycles. The third kappa shape index (κ3) is 2.85. The number of aliphatic carboxylic acids is 1. The molecule has 0 aliphatic heterocycles. The molecule has 0 amide bonds. The minimum Gasteiger partial charge on any atom is -0.480 e. The summed E-state index contributed by atoms with van der Waals surface area (Å²) in [6.45, 7) is 3.66. The summed E-state index contributed by atoms with van der Waals surface area (Å²) in [4.78, 5) is 15.8. The standard InChI is InChI=1S/C15H17ClN2O2/c1-3-7-15(2,14(19)20)18-12-6-8-17-13-9-10(16)4-5-11(12)13/h4-6,8-9H,3,7H2,1-2H3,(H,17,18)(H,19,20). The molecule has 1 aromatic carbocycles. The molecular formula is C15H17ClN2O2. The van der Waals surface area contributed by atoms with Crippen molar-refractivity contribution in [1.82, 2.24) is 4.98 Å². The molecule has 0 spiro atoms. The largest absolute Gasteiger partial charge is 0.480 e. The lowest BCUT2D eigenvalue weighted by molar-refractivity contribution is -0.141. The lowest BCUT2D eigenvalue weighted by atomic mass is 9.95. The van der Waals surface area contributed by atoms with Gasteiger partial charge in [-0.05, 0) is 37.6 Å². The van der Waals surface area contributed by atoms with Crippen molar-refractivity contribution in [1.29, 1.82) is 0 Å². The van der Waals surface area contributed by atoms with E-state index in [9.17, 15) is 9.90 Å². The van der Waals surface area contributed by atoms with Crippen molar-refractivity contribution in [2.75, 3.05) is 5.32 Å². The van der Waals surface area contributed by atoms with Crippen molar-refractivity contribution >= 4 is 34.2 Å². The predicted octanol–water partition coefficient (Wildman–Crippen LogP) is 3.94. The van der Waals surface area contributed by atoms with Gasteiger partial charge in [0, 0.05) is 22.3 Å². The summed E-state index contributed by atoms with van der Waals surface area (Å²) < 4.78 is 0. The van der Waals surface area contributed by atoms with E-state index in [2.05, 4.69) is 10.3 Å². The molecule has 5 heteroatoms. The summed E-state index contributed by atoms with van der Waals surface area (Å²) in [5.41, 5.74) is 0.500. The molecule has 1 unspecified atom stereocenters. The van der Waals surface area contributed by atoms with Crippen LogP contribution >= 0.6 is 11.6 Å². The first-order chi connectivity index (χ1) is 9.46. The van der Waals surface area contributed by atoms with Gasteiger partial charge < -0.3 is 10.4 Å². The minimum absolute atomic E-state index is 0.541. The van der Waals surface area contributed by atoms with Crippen LogP contribution in [-0.2, 0) is 4.79 Å². The topological polar surface area (TPSA) is 62.2 Å². The number of benzene rings is 1. The predicted molar refractivity (Wildman–Crippen MR) is 81.3 cm³/mol. The second-order valence-electron chi connectivity index (χ2n) is 5.03. The third-order valence-electron chi connectivity index (χ3n) is 3.34. The number of pyridine rings is 1. The van der Waals surface area contributed by atoms with Crippen LogP contribution in [0.25, 0.3) is 10.9 Å². The van der Waals surface area contributed by atoms with E-state index in [0.717, 1.165) is 23.0 Å². The number of carboxylic acids is 1. The maximum Gasteiger partial charge on any atom is 0.329 e. The number of carbonyl (C=O) groups is 1. The van der Waals surface area contributed by atoms with Gasteiger partial charge in [0.1, 0.15) is 5.54 Å². The maximum absolute atomic E-state index is 11.5. The molecule has 1 heterocycles. The van der Waals surface area contributed by atoms with Crippen molar-refractivity contribution < 1.29 is 9.90 Å². The summed E-state index contributed by atoms with van der Waals surface area (Å²) in [5, 5.41) is 14.0. The number of aromatic nitrogens is 1. The van der Waals surface area contributed by atoms with E-state index in [4.69, 9.17) is 11.6 Å². The van der Waals surface area contributed by atoms with Crippen LogP contribution in [0.15, 0.2) is 30.5 Å². The van der Waals surface area contributed by atoms with Gasteiger partial charge in [0.2, 0.25) is 0 Å². The molecule has 0 fully saturated rings. The van der Waals surface area contributed by atoms with Gasteiger partial charge >= 0.3 is 5.97 Å². The fourth-order valence-electron chi connectivity index (χ4n) is 2.25. The Balaban J connectivity index is 2.45. The van der Waals surface area contributed by atoms with Crippen LogP contribution in [0.4, 0.5) is 5.69 Å². The highest BCUT2D eigenvalue weighted by molar-refractivity contribution is 6.31. The van der Waals surface area contributed by atoms with E-state index in [1.54, 1.807) is 31.3 Å². The zero-order valence-corrected chi connectivity index (χ0v) is 12.2. The number of rotatable bonds is 5. The Hall–Kier alpha value is -1.81. The Morgan fingerprint density at radius 3 is 2.85 bits per heavy atom. The molecule has 0 saturated heterocycles. The summed E-state index contributed by atoms with van der Waals surface area (Å²) in [7, 11) is 0. The van der Waals surface area contributed by atoms with Crippen molar-refractivity contribution in [3.8, 4) is 0 Å². The van der Waals surface area contributed by atoms with Crippen LogP contribution in [0.3, 0.4) is 0 Å². The van der Waals surface area contributed by atoms with Crippen LogP contribution in [0.1, 0.15) is 26.7 Å². The number of hydrogen-bond donors (Lipinski definition) is 2. The molecule has 1 atom stereocenters. The summed E-state index contributed by atoms with van der Waals surface area (Å²) in [5.74, 6) is -0.863. The highest BCUT2D eigenvalue weighted by Crippen LogP contribution is 2.28. The van der Waals surface area contributed by atoms with Crippen molar-refractivity contribution in [2.45, 2.75) is 32.2 Å². The number of anilines is 1. The summed E-state index contributed by atoms with van der Waals surface area (Å²) in [6, 6.07) is 7.17. The van der Waals surface area contributed by atoms with Gasteiger partial charge in [0.15, 0.2) is 0 Å². The summed E-state index contributed by atoms with van der Waals surface area (Å²) >= 11 is 5.95. The van der Waals surface area contributed by atoms with E-state index in [1.165, 1.54) is 0 Å². The van der Waals surface area contributed by atoms with Gasteiger partial charge in [0.25, 0.3) is 0 Å². The Labute approximate surface area is 122 Å². The molecule has 0 saturated carbocycles. The molecule has 2 N–H and O–H groups in total. The Kier molecular flexibility index (Phi) is 4.14. The SMILES string of the molecule is CCCC(C)(Nc1ccnc2cc(Cl)ccc12)C(=O)O. The second-order valence-corrected chi connectivity index (χ2v) is 5.47. The van der Waals surface area contributed by atoms with Crippen molar-refractivity contribution in [3.05, 3.63) is 35.5 Å². The average molecular weight is 293 g/mol. The van der Waals surface area contributed by atoms with Crippen molar-refractivity contribution in [3.63, 3.8) is 0 Å². The molecule has 1 aromatic heterocycles. The third-order valence-corrected chi connectivity index (χ3v) is 3.57. The molecule has 2 rings (SSSR count). The number of halogens is 1. The highest BCUT2D eigenvalue weighted by Gasteiger charge is 2.32. The monoisotopic (exact) mass is 292 g/mol. The highest BCUT2D eigenvalue weighted by atomic mass is 35.5. The molecule has 0 radical (unpaired) electrons. The molecule has 2 aromatic rings. The zero-order valence-electron chi connectivity index (χ0n) is 11.5. The Bertz CT molecular complexity index is 645. The fourth-order valence-corrected chi connectivity index (χ4v) is 2.42. The van der Waals surface area contributed by atoms with Gasteiger partial charge in [-0.15, -0.1) is 0 Å². The van der Waals surface area contributed by atoms with Gasteiger partial charge in [0.05, 0.1) is 5.52 Å². The number of hydrogen-bond acceptors (Lipinski definition) is 3.